The number of halogens is 1. The predicted octanol–water partition coefficient (Wildman–Crippen LogP) is 3.15. The first-order valence-electron chi connectivity index (χ1n) is 7.15. The van der Waals surface area contributed by atoms with Crippen molar-refractivity contribution >= 4 is 27.3 Å². The number of hydrogen-bond acceptors (Lipinski definition) is 3. The van der Waals surface area contributed by atoms with Gasteiger partial charge in [0.1, 0.15) is 0 Å². The summed E-state index contributed by atoms with van der Waals surface area (Å²) in [7, 11) is -3.44. The molecule has 1 amide bonds. The Kier molecular flexibility index (Phi) is 4.94. The van der Waals surface area contributed by atoms with Crippen LogP contribution in [0.25, 0.3) is 0 Å². The standard InChI is InChI=1S/C15H20ClNO3S/c1-3-12-6-4-5-9-17(12)15(18)11-7-8-13(16)14(10-11)21(2,19)20/h7-8,10,12H,3-6,9H2,1-2H3/t12-/m0/s1. The van der Waals surface area contributed by atoms with Crippen LogP contribution in [-0.4, -0.2) is 38.1 Å². The number of nitrogens with zero attached hydrogens (tertiary/aromatic N) is 1. The van der Waals surface area contributed by atoms with Gasteiger partial charge in [0.2, 0.25) is 0 Å². The monoisotopic (exact) mass is 329 g/mol. The Morgan fingerprint density at radius 1 is 1.38 bits per heavy atom. The quantitative estimate of drug-likeness (QED) is 0.856. The number of amides is 1. The van der Waals surface area contributed by atoms with Gasteiger partial charge in [-0.15, -0.1) is 0 Å². The molecule has 1 aromatic rings. The molecule has 116 valence electrons. The summed E-state index contributed by atoms with van der Waals surface area (Å²) in [5.41, 5.74) is 0.389. The molecule has 1 aliphatic rings. The van der Waals surface area contributed by atoms with Gasteiger partial charge in [-0.1, -0.05) is 18.5 Å². The lowest BCUT2D eigenvalue weighted by Crippen LogP contribution is -2.43. The van der Waals surface area contributed by atoms with Crippen molar-refractivity contribution in [3.05, 3.63) is 28.8 Å². The summed E-state index contributed by atoms with van der Waals surface area (Å²) in [4.78, 5) is 14.5. The van der Waals surface area contributed by atoms with Crippen molar-refractivity contribution in [1.29, 1.82) is 0 Å². The number of likely N-dealkylation sites (tertiary alicyclic amines) is 1. The number of benzene rings is 1. The molecule has 0 saturated carbocycles. The zero-order valence-electron chi connectivity index (χ0n) is 12.3. The number of piperidine rings is 1. The number of carbonyl (C=O) groups is 1. The average molecular weight is 330 g/mol. The Labute approximate surface area is 131 Å². The third kappa shape index (κ3) is 3.58. The van der Waals surface area contributed by atoms with Crippen LogP contribution in [0, 0.1) is 0 Å². The molecule has 21 heavy (non-hydrogen) atoms. The van der Waals surface area contributed by atoms with Gasteiger partial charge in [-0.05, 0) is 43.9 Å². The van der Waals surface area contributed by atoms with Crippen molar-refractivity contribution in [2.45, 2.75) is 43.5 Å². The van der Waals surface area contributed by atoms with Crippen LogP contribution in [0.4, 0.5) is 0 Å². The van der Waals surface area contributed by atoms with Gasteiger partial charge in [0.05, 0.1) is 9.92 Å². The molecule has 0 spiro atoms. The van der Waals surface area contributed by atoms with Crippen LogP contribution < -0.4 is 0 Å². The normalized spacial score (nSPS) is 19.6. The van der Waals surface area contributed by atoms with E-state index >= 15 is 0 Å². The molecule has 1 aliphatic heterocycles. The molecule has 0 bridgehead atoms. The average Bonchev–Trinajstić information content (AvgIpc) is 2.45. The first-order chi connectivity index (χ1) is 9.84. The maximum absolute atomic E-state index is 12.6. The summed E-state index contributed by atoms with van der Waals surface area (Å²) >= 11 is 5.92. The van der Waals surface area contributed by atoms with Gasteiger partial charge >= 0.3 is 0 Å². The van der Waals surface area contributed by atoms with E-state index in [9.17, 15) is 13.2 Å². The highest BCUT2D eigenvalue weighted by Crippen LogP contribution is 2.26. The lowest BCUT2D eigenvalue weighted by molar-refractivity contribution is 0.0608. The largest absolute Gasteiger partial charge is 0.336 e. The fourth-order valence-electron chi connectivity index (χ4n) is 2.78. The van der Waals surface area contributed by atoms with E-state index in [2.05, 4.69) is 6.92 Å². The number of hydrogen-bond donors (Lipinski definition) is 0. The molecule has 1 saturated heterocycles. The zero-order chi connectivity index (χ0) is 15.6. The molecule has 0 radical (unpaired) electrons. The van der Waals surface area contributed by atoms with Gasteiger partial charge in [0.25, 0.3) is 5.91 Å². The lowest BCUT2D eigenvalue weighted by atomic mass is 9.99. The van der Waals surface area contributed by atoms with Crippen LogP contribution in [0.1, 0.15) is 43.0 Å². The van der Waals surface area contributed by atoms with Crippen molar-refractivity contribution in [2.75, 3.05) is 12.8 Å². The highest BCUT2D eigenvalue weighted by atomic mass is 35.5. The van der Waals surface area contributed by atoms with Crippen molar-refractivity contribution in [3.8, 4) is 0 Å². The SMILES string of the molecule is CC[C@H]1CCCCN1C(=O)c1ccc(Cl)c(S(C)(=O)=O)c1. The summed E-state index contributed by atoms with van der Waals surface area (Å²) in [5, 5.41) is 0.153. The zero-order valence-corrected chi connectivity index (χ0v) is 13.9. The van der Waals surface area contributed by atoms with Gasteiger partial charge < -0.3 is 4.90 Å². The molecule has 0 aliphatic carbocycles. The van der Waals surface area contributed by atoms with Crippen molar-refractivity contribution in [3.63, 3.8) is 0 Å². The summed E-state index contributed by atoms with van der Waals surface area (Å²) in [6.07, 6.45) is 5.15. The molecule has 1 atom stereocenters. The summed E-state index contributed by atoms with van der Waals surface area (Å²) in [5.74, 6) is -0.108. The topological polar surface area (TPSA) is 54.5 Å². The molecule has 1 fully saturated rings. The second-order valence-electron chi connectivity index (χ2n) is 5.47. The van der Waals surface area contributed by atoms with E-state index in [0.29, 0.717) is 5.56 Å². The number of sulfone groups is 1. The Morgan fingerprint density at radius 3 is 2.71 bits per heavy atom. The molecule has 0 unspecified atom stereocenters. The Bertz CT molecular complexity index is 642. The van der Waals surface area contributed by atoms with Crippen molar-refractivity contribution < 1.29 is 13.2 Å². The van der Waals surface area contributed by atoms with Crippen molar-refractivity contribution in [1.82, 2.24) is 4.90 Å². The van der Waals surface area contributed by atoms with Gasteiger partial charge in [0.15, 0.2) is 9.84 Å². The molecular formula is C15H20ClNO3S. The fourth-order valence-corrected chi connectivity index (χ4v) is 4.08. The predicted molar refractivity (Wildman–Crippen MR) is 83.5 cm³/mol. The van der Waals surface area contributed by atoms with E-state index in [0.717, 1.165) is 38.5 Å². The smallest absolute Gasteiger partial charge is 0.254 e. The van der Waals surface area contributed by atoms with Crippen LogP contribution in [0.3, 0.4) is 0 Å². The number of carbonyl (C=O) groups excluding carboxylic acids is 1. The third-order valence-corrected chi connectivity index (χ3v) is 5.52. The van der Waals surface area contributed by atoms with E-state index in [1.165, 1.54) is 12.1 Å². The Balaban J connectivity index is 2.35. The van der Waals surface area contributed by atoms with E-state index < -0.39 is 9.84 Å². The fraction of sp³-hybridized carbons (Fsp3) is 0.533. The molecule has 6 heteroatoms. The molecule has 0 aromatic heterocycles. The van der Waals surface area contributed by atoms with Gasteiger partial charge in [-0.2, -0.15) is 0 Å². The number of rotatable bonds is 3. The molecule has 4 nitrogen and oxygen atoms in total. The third-order valence-electron chi connectivity index (χ3n) is 3.94. The first-order valence-corrected chi connectivity index (χ1v) is 9.42. The van der Waals surface area contributed by atoms with Crippen LogP contribution in [-0.2, 0) is 9.84 Å². The van der Waals surface area contributed by atoms with E-state index in [1.54, 1.807) is 6.07 Å². The molecular weight excluding hydrogens is 310 g/mol. The van der Waals surface area contributed by atoms with Crippen LogP contribution in [0.15, 0.2) is 23.1 Å². The van der Waals surface area contributed by atoms with Crippen LogP contribution in [0.5, 0.6) is 0 Å². The van der Waals surface area contributed by atoms with Gasteiger partial charge in [-0.3, -0.25) is 4.79 Å². The highest BCUT2D eigenvalue weighted by molar-refractivity contribution is 7.90. The maximum atomic E-state index is 12.6. The van der Waals surface area contributed by atoms with E-state index in [-0.39, 0.29) is 21.9 Å². The van der Waals surface area contributed by atoms with Crippen LogP contribution >= 0.6 is 11.6 Å². The second kappa shape index (κ2) is 6.36. The van der Waals surface area contributed by atoms with E-state index in [1.807, 2.05) is 4.90 Å². The lowest BCUT2D eigenvalue weighted by Gasteiger charge is -2.35. The maximum Gasteiger partial charge on any atom is 0.254 e. The van der Waals surface area contributed by atoms with Gasteiger partial charge in [-0.25, -0.2) is 8.42 Å². The minimum Gasteiger partial charge on any atom is -0.336 e. The Morgan fingerprint density at radius 2 is 2.10 bits per heavy atom. The highest BCUT2D eigenvalue weighted by Gasteiger charge is 2.27. The summed E-state index contributed by atoms with van der Waals surface area (Å²) < 4.78 is 23.4. The molecule has 1 heterocycles. The van der Waals surface area contributed by atoms with Crippen LogP contribution in [0.2, 0.25) is 5.02 Å². The molecule has 1 aromatic carbocycles. The van der Waals surface area contributed by atoms with E-state index in [4.69, 9.17) is 11.6 Å². The molecule has 2 rings (SSSR count). The summed E-state index contributed by atoms with van der Waals surface area (Å²) in [6.45, 7) is 2.80. The molecule has 0 N–H and O–H groups in total. The Hall–Kier alpha value is -1.07. The van der Waals surface area contributed by atoms with Gasteiger partial charge in [0, 0.05) is 24.4 Å². The van der Waals surface area contributed by atoms with Crippen molar-refractivity contribution in [2.24, 2.45) is 0 Å². The second-order valence-corrected chi connectivity index (χ2v) is 7.87. The minimum absolute atomic E-state index is 0.0140. The summed E-state index contributed by atoms with van der Waals surface area (Å²) in [6, 6.07) is 4.71. The first kappa shape index (κ1) is 16.3. The minimum atomic E-state index is -3.44.